The molecule has 0 spiro atoms. The summed E-state index contributed by atoms with van der Waals surface area (Å²) in [5.41, 5.74) is 1.35. The lowest BCUT2D eigenvalue weighted by molar-refractivity contribution is 0.601. The number of anilines is 2. The molecule has 1 aromatic carbocycles. The van der Waals surface area contributed by atoms with Crippen molar-refractivity contribution in [1.82, 2.24) is 4.98 Å². The van der Waals surface area contributed by atoms with Gasteiger partial charge in [0, 0.05) is 22.2 Å². The predicted octanol–water partition coefficient (Wildman–Crippen LogP) is 3.76. The first-order chi connectivity index (χ1) is 9.83. The number of pyridine rings is 1. The molecule has 2 N–H and O–H groups in total. The molecule has 0 radical (unpaired) electrons. The molecule has 0 amide bonds. The third-order valence-corrected chi connectivity index (χ3v) is 5.08. The fourth-order valence-electron chi connectivity index (χ4n) is 1.75. The molecule has 0 atom stereocenters. The van der Waals surface area contributed by atoms with Gasteiger partial charge in [-0.3, -0.25) is 4.72 Å². The van der Waals surface area contributed by atoms with Crippen molar-refractivity contribution in [1.29, 1.82) is 0 Å². The Balaban J connectivity index is 2.45. The molecule has 2 rings (SSSR count). The first-order valence-corrected chi connectivity index (χ1v) is 9.02. The Morgan fingerprint density at radius 3 is 2.48 bits per heavy atom. The van der Waals surface area contributed by atoms with Crippen molar-refractivity contribution in [3.63, 3.8) is 0 Å². The van der Waals surface area contributed by atoms with Gasteiger partial charge in [-0.05, 0) is 52.7 Å². The summed E-state index contributed by atoms with van der Waals surface area (Å²) in [6.45, 7) is 1.83. The molecule has 21 heavy (non-hydrogen) atoms. The zero-order chi connectivity index (χ0) is 15.6. The van der Waals surface area contributed by atoms with Gasteiger partial charge in [-0.2, -0.15) is 0 Å². The van der Waals surface area contributed by atoms with E-state index in [0.29, 0.717) is 16.0 Å². The van der Waals surface area contributed by atoms with E-state index in [-0.39, 0.29) is 4.90 Å². The van der Waals surface area contributed by atoms with Crippen molar-refractivity contribution >= 4 is 53.4 Å². The molecule has 5 nitrogen and oxygen atoms in total. The van der Waals surface area contributed by atoms with E-state index < -0.39 is 10.0 Å². The van der Waals surface area contributed by atoms with Crippen molar-refractivity contribution < 1.29 is 8.42 Å². The molecular formula is C13H13Br2N3O2S. The van der Waals surface area contributed by atoms with Crippen LogP contribution in [0.2, 0.25) is 0 Å². The van der Waals surface area contributed by atoms with Gasteiger partial charge >= 0.3 is 0 Å². The van der Waals surface area contributed by atoms with Crippen LogP contribution in [0.25, 0.3) is 0 Å². The number of sulfonamides is 1. The fourth-order valence-corrected chi connectivity index (χ4v) is 4.03. The number of nitrogens with zero attached hydrogens (tertiary/aromatic N) is 1. The second-order valence-corrected chi connectivity index (χ2v) is 7.80. The van der Waals surface area contributed by atoms with Crippen LogP contribution in [-0.4, -0.2) is 20.4 Å². The van der Waals surface area contributed by atoms with Crippen molar-refractivity contribution in [2.75, 3.05) is 17.1 Å². The van der Waals surface area contributed by atoms with Crippen LogP contribution in [0.4, 0.5) is 11.5 Å². The van der Waals surface area contributed by atoms with Gasteiger partial charge in [-0.1, -0.05) is 15.9 Å². The van der Waals surface area contributed by atoms with Crippen LogP contribution in [0, 0.1) is 6.92 Å². The summed E-state index contributed by atoms with van der Waals surface area (Å²) < 4.78 is 29.2. The van der Waals surface area contributed by atoms with Crippen LogP contribution < -0.4 is 10.0 Å². The minimum absolute atomic E-state index is 0.0849. The van der Waals surface area contributed by atoms with Crippen LogP contribution in [0.3, 0.4) is 0 Å². The molecule has 1 heterocycles. The topological polar surface area (TPSA) is 71.1 Å². The molecule has 0 unspecified atom stereocenters. The van der Waals surface area contributed by atoms with Gasteiger partial charge in [0.05, 0.1) is 5.69 Å². The summed E-state index contributed by atoms with van der Waals surface area (Å²) in [6.07, 6.45) is 1.54. The average molecular weight is 435 g/mol. The monoisotopic (exact) mass is 433 g/mol. The zero-order valence-corrected chi connectivity index (χ0v) is 15.3. The van der Waals surface area contributed by atoms with Gasteiger partial charge < -0.3 is 5.32 Å². The number of aryl methyl sites for hydroxylation is 1. The minimum atomic E-state index is -3.73. The Kier molecular flexibility index (Phi) is 4.90. The molecule has 2 aromatic rings. The summed E-state index contributed by atoms with van der Waals surface area (Å²) in [5.74, 6) is 0.292. The molecular weight excluding hydrogens is 422 g/mol. The number of hydrogen-bond donors (Lipinski definition) is 2. The summed E-state index contributed by atoms with van der Waals surface area (Å²) in [4.78, 5) is 4.14. The highest BCUT2D eigenvalue weighted by Crippen LogP contribution is 2.27. The lowest BCUT2D eigenvalue weighted by atomic mass is 10.2. The molecule has 0 aliphatic carbocycles. The highest BCUT2D eigenvalue weighted by molar-refractivity contribution is 9.10. The maximum absolute atomic E-state index is 12.5. The SMILES string of the molecule is CNc1ncc(Br)cc1S(=O)(=O)Nc1ccc(Br)cc1C. The lowest BCUT2D eigenvalue weighted by Gasteiger charge is -2.13. The standard InChI is InChI=1S/C13H13Br2N3O2S/c1-8-5-9(14)3-4-11(8)18-21(19,20)12-6-10(15)7-17-13(12)16-2/h3-7,18H,1-2H3,(H,16,17). The predicted molar refractivity (Wildman–Crippen MR) is 91.2 cm³/mol. The molecule has 0 aliphatic heterocycles. The van der Waals surface area contributed by atoms with Gasteiger partial charge in [-0.15, -0.1) is 0 Å². The van der Waals surface area contributed by atoms with E-state index in [0.717, 1.165) is 10.0 Å². The Morgan fingerprint density at radius 1 is 1.14 bits per heavy atom. The number of nitrogens with one attached hydrogen (secondary N) is 2. The van der Waals surface area contributed by atoms with Gasteiger partial charge in [0.25, 0.3) is 10.0 Å². The van der Waals surface area contributed by atoms with Crippen LogP contribution >= 0.6 is 31.9 Å². The van der Waals surface area contributed by atoms with E-state index in [9.17, 15) is 8.42 Å². The largest absolute Gasteiger partial charge is 0.372 e. The minimum Gasteiger partial charge on any atom is -0.372 e. The Labute approximate surface area is 140 Å². The molecule has 0 bridgehead atoms. The third kappa shape index (κ3) is 3.75. The average Bonchev–Trinajstić information content (AvgIpc) is 2.42. The summed E-state index contributed by atoms with van der Waals surface area (Å²) in [5, 5.41) is 2.78. The molecule has 0 saturated heterocycles. The molecule has 8 heteroatoms. The quantitative estimate of drug-likeness (QED) is 0.768. The molecule has 112 valence electrons. The van der Waals surface area contributed by atoms with Crippen LogP contribution in [0.1, 0.15) is 5.56 Å². The third-order valence-electron chi connectivity index (χ3n) is 2.78. The van der Waals surface area contributed by atoms with Gasteiger partial charge in [0.1, 0.15) is 10.7 Å². The first kappa shape index (κ1) is 16.3. The van der Waals surface area contributed by atoms with Gasteiger partial charge in [0.2, 0.25) is 0 Å². The Morgan fingerprint density at radius 2 is 1.86 bits per heavy atom. The summed E-state index contributed by atoms with van der Waals surface area (Å²) >= 11 is 6.59. The van der Waals surface area contributed by atoms with Gasteiger partial charge in [0.15, 0.2) is 0 Å². The number of hydrogen-bond acceptors (Lipinski definition) is 4. The highest BCUT2D eigenvalue weighted by Gasteiger charge is 2.20. The van der Waals surface area contributed by atoms with E-state index in [4.69, 9.17) is 0 Å². The van der Waals surface area contributed by atoms with E-state index >= 15 is 0 Å². The lowest BCUT2D eigenvalue weighted by Crippen LogP contribution is -2.16. The van der Waals surface area contributed by atoms with Crippen molar-refractivity contribution in [3.05, 3.63) is 45.0 Å². The summed E-state index contributed by atoms with van der Waals surface area (Å²) in [6, 6.07) is 6.84. The molecule has 0 saturated carbocycles. The molecule has 0 fully saturated rings. The van der Waals surface area contributed by atoms with E-state index in [2.05, 4.69) is 46.9 Å². The number of aromatic nitrogens is 1. The Bertz CT molecular complexity index is 779. The van der Waals surface area contributed by atoms with Crippen molar-refractivity contribution in [3.8, 4) is 0 Å². The smallest absolute Gasteiger partial charge is 0.265 e. The number of halogens is 2. The molecule has 0 aliphatic rings. The van der Waals surface area contributed by atoms with Crippen LogP contribution in [0.15, 0.2) is 44.3 Å². The van der Waals surface area contributed by atoms with E-state index in [1.165, 1.54) is 12.3 Å². The Hall–Kier alpha value is -1.12. The van der Waals surface area contributed by atoms with Gasteiger partial charge in [-0.25, -0.2) is 13.4 Å². The second-order valence-electron chi connectivity index (χ2n) is 4.32. The maximum Gasteiger partial charge on any atom is 0.265 e. The fraction of sp³-hybridized carbons (Fsp3) is 0.154. The normalized spacial score (nSPS) is 11.2. The number of benzene rings is 1. The van der Waals surface area contributed by atoms with E-state index in [1.54, 1.807) is 19.2 Å². The summed E-state index contributed by atoms with van der Waals surface area (Å²) in [7, 11) is -2.11. The first-order valence-electron chi connectivity index (χ1n) is 5.96. The van der Waals surface area contributed by atoms with Crippen molar-refractivity contribution in [2.45, 2.75) is 11.8 Å². The zero-order valence-electron chi connectivity index (χ0n) is 11.3. The van der Waals surface area contributed by atoms with E-state index in [1.807, 2.05) is 13.0 Å². The highest BCUT2D eigenvalue weighted by atomic mass is 79.9. The molecule has 1 aromatic heterocycles. The second kappa shape index (κ2) is 6.33. The maximum atomic E-state index is 12.5. The van der Waals surface area contributed by atoms with Crippen LogP contribution in [0.5, 0.6) is 0 Å². The number of rotatable bonds is 4. The van der Waals surface area contributed by atoms with Crippen molar-refractivity contribution in [2.24, 2.45) is 0 Å². The van der Waals surface area contributed by atoms with Crippen LogP contribution in [-0.2, 0) is 10.0 Å².